The lowest BCUT2D eigenvalue weighted by Crippen LogP contribution is -2.39. The molecule has 2 aromatic carbocycles. The molecule has 27 heavy (non-hydrogen) atoms. The third kappa shape index (κ3) is 7.59. The molecule has 0 aliphatic rings. The number of halogens is 1. The maximum absolute atomic E-state index is 11.5. The average Bonchev–Trinajstić information content (AvgIpc) is 2.68. The maximum atomic E-state index is 11.5. The van der Waals surface area contributed by atoms with Gasteiger partial charge in [-0.05, 0) is 47.5 Å². The smallest absolute Gasteiger partial charge is 0.329 e. The van der Waals surface area contributed by atoms with Crippen LogP contribution in [0.5, 0.6) is 5.75 Å². The fourth-order valence-electron chi connectivity index (χ4n) is 1.96. The quantitative estimate of drug-likeness (QED) is 0.289. The van der Waals surface area contributed by atoms with Crippen molar-refractivity contribution in [3.8, 4) is 5.75 Å². The van der Waals surface area contributed by atoms with Gasteiger partial charge in [-0.15, -0.1) is 0 Å². The Morgan fingerprint density at radius 3 is 2.44 bits per heavy atom. The highest BCUT2D eigenvalue weighted by Gasteiger charge is 2.11. The van der Waals surface area contributed by atoms with Crippen molar-refractivity contribution in [3.05, 3.63) is 64.1 Å². The summed E-state index contributed by atoms with van der Waals surface area (Å²) in [6.07, 6.45) is 1.44. The number of hydrogen-bond donors (Lipinski definition) is 2. The number of carbonyl (C=O) groups excluding carboxylic acids is 2. The number of benzene rings is 2. The zero-order valence-corrected chi connectivity index (χ0v) is 16.4. The van der Waals surface area contributed by atoms with Crippen molar-refractivity contribution in [1.29, 1.82) is 0 Å². The van der Waals surface area contributed by atoms with Gasteiger partial charge in [0.1, 0.15) is 12.4 Å². The second-order valence-electron chi connectivity index (χ2n) is 5.43. The van der Waals surface area contributed by atoms with Crippen molar-refractivity contribution < 1.29 is 19.1 Å². The van der Waals surface area contributed by atoms with E-state index in [4.69, 9.17) is 9.47 Å². The number of rotatable bonds is 8. The minimum absolute atomic E-state index is 0.258. The number of hydrazone groups is 1. The molecule has 0 heterocycles. The van der Waals surface area contributed by atoms with Crippen molar-refractivity contribution in [2.24, 2.45) is 5.10 Å². The maximum Gasteiger partial charge on any atom is 0.329 e. The topological polar surface area (TPSA) is 89.0 Å². The van der Waals surface area contributed by atoms with E-state index in [0.29, 0.717) is 13.2 Å². The third-order valence-electron chi connectivity index (χ3n) is 3.38. The van der Waals surface area contributed by atoms with Crippen molar-refractivity contribution in [1.82, 2.24) is 10.7 Å². The minimum atomic E-state index is -0.836. The first kappa shape index (κ1) is 20.6. The summed E-state index contributed by atoms with van der Waals surface area (Å²) in [7, 11) is 1.51. The molecule has 0 saturated carbocycles. The summed E-state index contributed by atoms with van der Waals surface area (Å²) >= 11 is 3.39. The van der Waals surface area contributed by atoms with Crippen LogP contribution in [-0.2, 0) is 20.9 Å². The van der Waals surface area contributed by atoms with Gasteiger partial charge in [-0.3, -0.25) is 9.59 Å². The van der Waals surface area contributed by atoms with Crippen LogP contribution in [0, 0.1) is 0 Å². The number of ether oxygens (including phenoxy) is 2. The highest BCUT2D eigenvalue weighted by Crippen LogP contribution is 2.15. The second kappa shape index (κ2) is 11.1. The molecule has 0 bridgehead atoms. The molecular formula is C19H20BrN3O4. The Balaban J connectivity index is 1.77. The number of carbonyl (C=O) groups is 2. The lowest BCUT2D eigenvalue weighted by Gasteiger charge is -2.06. The molecule has 2 aromatic rings. The van der Waals surface area contributed by atoms with Gasteiger partial charge in [0.2, 0.25) is 0 Å². The van der Waals surface area contributed by atoms with Crippen molar-refractivity contribution in [2.45, 2.75) is 6.61 Å². The van der Waals surface area contributed by atoms with Crippen LogP contribution in [-0.4, -0.2) is 38.3 Å². The molecule has 0 unspecified atom stereocenters. The molecule has 2 N–H and O–H groups in total. The Hall–Kier alpha value is -2.71. The van der Waals surface area contributed by atoms with E-state index in [1.807, 2.05) is 24.3 Å². The molecule has 0 fully saturated rings. The molecule has 0 aliphatic carbocycles. The van der Waals surface area contributed by atoms with E-state index in [1.54, 1.807) is 24.3 Å². The fraction of sp³-hybridized carbons (Fsp3) is 0.211. The Morgan fingerprint density at radius 2 is 1.78 bits per heavy atom. The first-order valence-electron chi connectivity index (χ1n) is 8.16. The SMILES string of the molecule is COCCNC(=O)C(=O)NN=Cc1ccc(OCc2ccc(Br)cc2)cc1. The molecule has 2 rings (SSSR count). The Morgan fingerprint density at radius 1 is 1.07 bits per heavy atom. The lowest BCUT2D eigenvalue weighted by molar-refractivity contribution is -0.139. The van der Waals surface area contributed by atoms with Gasteiger partial charge in [0.25, 0.3) is 0 Å². The van der Waals surface area contributed by atoms with E-state index in [9.17, 15) is 9.59 Å². The average molecular weight is 434 g/mol. The molecule has 0 atom stereocenters. The summed E-state index contributed by atoms with van der Waals surface area (Å²) in [5.41, 5.74) is 3.99. The van der Waals surface area contributed by atoms with E-state index in [2.05, 4.69) is 31.8 Å². The molecule has 7 nitrogen and oxygen atoms in total. The number of nitrogens with zero attached hydrogens (tertiary/aromatic N) is 1. The van der Waals surface area contributed by atoms with E-state index in [-0.39, 0.29) is 6.54 Å². The van der Waals surface area contributed by atoms with Gasteiger partial charge >= 0.3 is 11.8 Å². The first-order chi connectivity index (χ1) is 13.1. The van der Waals surface area contributed by atoms with Crippen molar-refractivity contribution in [3.63, 3.8) is 0 Å². The molecule has 0 radical (unpaired) electrons. The molecule has 0 spiro atoms. The Bertz CT molecular complexity index is 777. The van der Waals surface area contributed by atoms with Crippen LogP contribution in [0.4, 0.5) is 0 Å². The van der Waals surface area contributed by atoms with Crippen molar-refractivity contribution >= 4 is 34.0 Å². The molecule has 0 aliphatic heterocycles. The van der Waals surface area contributed by atoms with E-state index in [0.717, 1.165) is 21.3 Å². The van der Waals surface area contributed by atoms with Gasteiger partial charge in [0.05, 0.1) is 12.8 Å². The molecular weight excluding hydrogens is 414 g/mol. The summed E-state index contributed by atoms with van der Waals surface area (Å²) in [5.74, 6) is -0.880. The van der Waals surface area contributed by atoms with E-state index in [1.165, 1.54) is 13.3 Å². The van der Waals surface area contributed by atoms with Crippen LogP contribution < -0.4 is 15.5 Å². The summed E-state index contributed by atoms with van der Waals surface area (Å²) in [5, 5.41) is 6.16. The van der Waals surface area contributed by atoms with Crippen LogP contribution in [0.25, 0.3) is 0 Å². The molecule has 8 heteroatoms. The van der Waals surface area contributed by atoms with Gasteiger partial charge in [-0.2, -0.15) is 5.10 Å². The van der Waals surface area contributed by atoms with Crippen molar-refractivity contribution in [2.75, 3.05) is 20.3 Å². The predicted molar refractivity (Wildman–Crippen MR) is 106 cm³/mol. The highest BCUT2D eigenvalue weighted by molar-refractivity contribution is 9.10. The summed E-state index contributed by atoms with van der Waals surface area (Å²) in [6.45, 7) is 1.06. The minimum Gasteiger partial charge on any atom is -0.489 e. The van der Waals surface area contributed by atoms with Crippen LogP contribution in [0.15, 0.2) is 58.1 Å². The predicted octanol–water partition coefficient (Wildman–Crippen LogP) is 2.24. The first-order valence-corrected chi connectivity index (χ1v) is 8.95. The van der Waals surface area contributed by atoms with E-state index >= 15 is 0 Å². The fourth-order valence-corrected chi connectivity index (χ4v) is 2.22. The number of nitrogens with one attached hydrogen (secondary N) is 2. The number of amides is 2. The van der Waals surface area contributed by atoms with Crippen LogP contribution >= 0.6 is 15.9 Å². The standard InChI is InChI=1S/C19H20BrN3O4/c1-26-11-10-21-18(24)19(25)23-22-12-14-4-8-17(9-5-14)27-13-15-2-6-16(20)7-3-15/h2-9,12H,10-11,13H2,1H3,(H,21,24)(H,23,25). The van der Waals surface area contributed by atoms with Gasteiger partial charge in [-0.1, -0.05) is 28.1 Å². The molecule has 142 valence electrons. The number of hydrogen-bond acceptors (Lipinski definition) is 5. The molecule has 0 saturated heterocycles. The van der Waals surface area contributed by atoms with E-state index < -0.39 is 11.8 Å². The van der Waals surface area contributed by atoms with Gasteiger partial charge < -0.3 is 14.8 Å². The van der Waals surface area contributed by atoms with Gasteiger partial charge in [0.15, 0.2) is 0 Å². The zero-order valence-electron chi connectivity index (χ0n) is 14.8. The summed E-state index contributed by atoms with van der Waals surface area (Å²) in [6, 6.07) is 15.1. The Kier molecular flexibility index (Phi) is 8.47. The normalized spacial score (nSPS) is 10.6. The summed E-state index contributed by atoms with van der Waals surface area (Å²) in [4.78, 5) is 23.0. The molecule has 0 aromatic heterocycles. The van der Waals surface area contributed by atoms with Crippen LogP contribution in [0.2, 0.25) is 0 Å². The summed E-state index contributed by atoms with van der Waals surface area (Å²) < 4.78 is 11.5. The highest BCUT2D eigenvalue weighted by atomic mass is 79.9. The van der Waals surface area contributed by atoms with Crippen LogP contribution in [0.1, 0.15) is 11.1 Å². The Labute approximate surface area is 165 Å². The zero-order chi connectivity index (χ0) is 19.5. The van der Waals surface area contributed by atoms with Gasteiger partial charge in [-0.25, -0.2) is 5.43 Å². The second-order valence-corrected chi connectivity index (χ2v) is 6.35. The van der Waals surface area contributed by atoms with Crippen LogP contribution in [0.3, 0.4) is 0 Å². The van der Waals surface area contributed by atoms with Gasteiger partial charge in [0, 0.05) is 18.1 Å². The monoisotopic (exact) mass is 433 g/mol. The molecule has 2 amide bonds. The largest absolute Gasteiger partial charge is 0.489 e. The number of methoxy groups -OCH3 is 1. The third-order valence-corrected chi connectivity index (χ3v) is 3.91. The lowest BCUT2D eigenvalue weighted by atomic mass is 10.2.